The van der Waals surface area contributed by atoms with E-state index in [0.29, 0.717) is 75.6 Å². The number of hydrogen-bond acceptors (Lipinski definition) is 8. The molecule has 2 amide bonds. The molecule has 0 bridgehead atoms. The Morgan fingerprint density at radius 3 is 2.68 bits per heavy atom. The van der Waals surface area contributed by atoms with Gasteiger partial charge in [0.2, 0.25) is 23.6 Å². The minimum Gasteiger partial charge on any atom is -0.472 e. The molecule has 2 aromatic heterocycles. The molecule has 1 N–H and O–H groups in total. The van der Waals surface area contributed by atoms with E-state index in [4.69, 9.17) is 9.47 Å². The number of para-hydroxylation sites is 2. The highest BCUT2D eigenvalue weighted by molar-refractivity contribution is 5.91. The average molecular weight is 528 g/mol. The molecule has 3 aliphatic heterocycles. The van der Waals surface area contributed by atoms with Gasteiger partial charge in [-0.25, -0.2) is 13.8 Å². The van der Waals surface area contributed by atoms with Gasteiger partial charge in [-0.3, -0.25) is 14.2 Å². The van der Waals surface area contributed by atoms with Crippen molar-refractivity contribution >= 4 is 28.8 Å². The first-order valence-electron chi connectivity index (χ1n) is 12.7. The van der Waals surface area contributed by atoms with Crippen LogP contribution < -0.4 is 15.0 Å². The van der Waals surface area contributed by atoms with Crippen LogP contribution in [0, 0.1) is 0 Å². The molecule has 0 aliphatic carbocycles. The standard InChI is InChI=1S/C25H27F2N7O4/c26-22(27)23-29-16-3-1-2-4-18(16)34(23)19-13-21(31-25(30-19)32-9-11-37-12-10-32)38-15-7-8-33(14-15)24(36)17-5-6-20(35)28-17/h1-4,13,15,17,22H,5-12,14H2,(H,28,35)/t15-,17-/m0/s1. The third kappa shape index (κ3) is 4.73. The highest BCUT2D eigenvalue weighted by atomic mass is 19.3. The van der Waals surface area contributed by atoms with Crippen LogP contribution in [0.15, 0.2) is 30.3 Å². The first kappa shape index (κ1) is 24.5. The molecule has 38 heavy (non-hydrogen) atoms. The SMILES string of the molecule is O=C1CC[C@@H](C(=O)N2CC[C@H](Oc3cc(-n4c(C(F)F)nc5ccccc54)nc(N4CCOCC4)n3)C2)N1. The van der Waals surface area contributed by atoms with Gasteiger partial charge in [0.25, 0.3) is 6.43 Å². The highest BCUT2D eigenvalue weighted by Gasteiger charge is 2.35. The summed E-state index contributed by atoms with van der Waals surface area (Å²) in [6.45, 7) is 2.93. The summed E-state index contributed by atoms with van der Waals surface area (Å²) in [6.07, 6.45) is -1.75. The molecule has 1 aromatic carbocycles. The number of anilines is 1. The minimum atomic E-state index is -2.82. The van der Waals surface area contributed by atoms with Gasteiger partial charge in [0.1, 0.15) is 18.0 Å². The van der Waals surface area contributed by atoms with Crippen LogP contribution in [0.3, 0.4) is 0 Å². The number of carbonyl (C=O) groups is 2. The molecular weight excluding hydrogens is 500 g/mol. The largest absolute Gasteiger partial charge is 0.472 e. The van der Waals surface area contributed by atoms with Crippen LogP contribution in [-0.4, -0.2) is 87.8 Å². The zero-order valence-corrected chi connectivity index (χ0v) is 20.6. The third-order valence-corrected chi connectivity index (χ3v) is 7.02. The Labute approximate surface area is 216 Å². The van der Waals surface area contributed by atoms with E-state index in [1.54, 1.807) is 29.2 Å². The lowest BCUT2D eigenvalue weighted by Gasteiger charge is -2.27. The van der Waals surface area contributed by atoms with E-state index in [0.717, 1.165) is 0 Å². The maximum Gasteiger partial charge on any atom is 0.296 e. The van der Waals surface area contributed by atoms with Crippen molar-refractivity contribution in [1.29, 1.82) is 0 Å². The molecule has 13 heteroatoms. The fourth-order valence-corrected chi connectivity index (χ4v) is 5.13. The van der Waals surface area contributed by atoms with Gasteiger partial charge in [0.05, 0.1) is 30.8 Å². The molecule has 0 saturated carbocycles. The fraction of sp³-hybridized carbons (Fsp3) is 0.480. The Morgan fingerprint density at radius 1 is 1.11 bits per heavy atom. The van der Waals surface area contributed by atoms with E-state index < -0.39 is 18.3 Å². The first-order chi connectivity index (χ1) is 18.5. The second kappa shape index (κ2) is 10.1. The van der Waals surface area contributed by atoms with Crippen molar-refractivity contribution in [3.63, 3.8) is 0 Å². The smallest absolute Gasteiger partial charge is 0.296 e. The maximum absolute atomic E-state index is 14.1. The van der Waals surface area contributed by atoms with Gasteiger partial charge in [0, 0.05) is 38.5 Å². The molecule has 11 nitrogen and oxygen atoms in total. The third-order valence-electron chi connectivity index (χ3n) is 7.02. The molecule has 3 aliphatic rings. The van der Waals surface area contributed by atoms with E-state index in [1.165, 1.54) is 10.6 Å². The van der Waals surface area contributed by atoms with Crippen LogP contribution in [0.4, 0.5) is 14.7 Å². The van der Waals surface area contributed by atoms with Gasteiger partial charge in [0.15, 0.2) is 5.82 Å². The van der Waals surface area contributed by atoms with Gasteiger partial charge in [-0.1, -0.05) is 12.1 Å². The number of fused-ring (bicyclic) bond motifs is 1. The number of hydrogen-bond donors (Lipinski definition) is 1. The summed E-state index contributed by atoms with van der Waals surface area (Å²) >= 11 is 0. The first-order valence-corrected chi connectivity index (χ1v) is 12.7. The quantitative estimate of drug-likeness (QED) is 0.517. The van der Waals surface area contributed by atoms with Crippen molar-refractivity contribution in [2.75, 3.05) is 44.3 Å². The minimum absolute atomic E-state index is 0.116. The molecule has 3 saturated heterocycles. The van der Waals surface area contributed by atoms with Crippen molar-refractivity contribution < 1.29 is 27.8 Å². The maximum atomic E-state index is 14.1. The van der Waals surface area contributed by atoms with Crippen molar-refractivity contribution in [1.82, 2.24) is 29.7 Å². The number of morpholine rings is 1. The zero-order chi connectivity index (χ0) is 26.2. The van der Waals surface area contributed by atoms with Crippen LogP contribution in [0.5, 0.6) is 5.88 Å². The van der Waals surface area contributed by atoms with E-state index >= 15 is 0 Å². The molecular formula is C25H27F2N7O4. The topological polar surface area (TPSA) is 115 Å². The lowest BCUT2D eigenvalue weighted by molar-refractivity contribution is -0.133. The molecule has 3 fully saturated rings. The lowest BCUT2D eigenvalue weighted by Crippen LogP contribution is -2.44. The fourth-order valence-electron chi connectivity index (χ4n) is 5.13. The molecule has 5 heterocycles. The Balaban J connectivity index is 1.31. The predicted molar refractivity (Wildman–Crippen MR) is 131 cm³/mol. The summed E-state index contributed by atoms with van der Waals surface area (Å²) in [7, 11) is 0. The second-order valence-electron chi connectivity index (χ2n) is 9.53. The van der Waals surface area contributed by atoms with E-state index in [-0.39, 0.29) is 29.6 Å². The van der Waals surface area contributed by atoms with Crippen molar-refractivity contribution in [3.8, 4) is 11.7 Å². The van der Waals surface area contributed by atoms with Gasteiger partial charge >= 0.3 is 0 Å². The highest BCUT2D eigenvalue weighted by Crippen LogP contribution is 2.30. The number of imidazole rings is 1. The van der Waals surface area contributed by atoms with E-state index in [1.807, 2.05) is 4.90 Å². The number of aromatic nitrogens is 4. The number of benzene rings is 1. The summed E-state index contributed by atoms with van der Waals surface area (Å²) in [5, 5.41) is 2.71. The van der Waals surface area contributed by atoms with Gasteiger partial charge in [-0.05, 0) is 18.6 Å². The van der Waals surface area contributed by atoms with E-state index in [9.17, 15) is 18.4 Å². The Kier molecular flexibility index (Phi) is 6.52. The van der Waals surface area contributed by atoms with E-state index in [2.05, 4.69) is 20.3 Å². The van der Waals surface area contributed by atoms with Crippen LogP contribution in [0.25, 0.3) is 16.9 Å². The average Bonchev–Trinajstić information content (AvgIpc) is 3.67. The normalized spacial score (nSPS) is 21.9. The molecule has 0 radical (unpaired) electrons. The monoisotopic (exact) mass is 527 g/mol. The van der Waals surface area contributed by atoms with Gasteiger partial charge < -0.3 is 24.6 Å². The molecule has 0 spiro atoms. The molecule has 0 unspecified atom stereocenters. The number of nitrogens with zero attached hydrogens (tertiary/aromatic N) is 6. The summed E-state index contributed by atoms with van der Waals surface area (Å²) in [6, 6.07) is 7.93. The second-order valence-corrected chi connectivity index (χ2v) is 9.53. The summed E-state index contributed by atoms with van der Waals surface area (Å²) in [5.74, 6) is 0.141. The zero-order valence-electron chi connectivity index (χ0n) is 20.6. The molecule has 3 aromatic rings. The van der Waals surface area contributed by atoms with Crippen LogP contribution >= 0.6 is 0 Å². The number of amides is 2. The van der Waals surface area contributed by atoms with Crippen molar-refractivity contribution in [2.24, 2.45) is 0 Å². The number of ether oxygens (including phenoxy) is 2. The number of nitrogens with one attached hydrogen (secondary N) is 1. The molecule has 200 valence electrons. The predicted octanol–water partition coefficient (Wildman–Crippen LogP) is 1.85. The molecule has 2 atom stereocenters. The Bertz CT molecular complexity index is 1360. The number of likely N-dealkylation sites (tertiary alicyclic amines) is 1. The lowest BCUT2D eigenvalue weighted by atomic mass is 10.2. The summed E-state index contributed by atoms with van der Waals surface area (Å²) in [4.78, 5) is 41.3. The van der Waals surface area contributed by atoms with Crippen molar-refractivity contribution in [2.45, 2.75) is 37.8 Å². The number of rotatable bonds is 6. The van der Waals surface area contributed by atoms with Crippen LogP contribution in [0.2, 0.25) is 0 Å². The van der Waals surface area contributed by atoms with Gasteiger partial charge in [-0.15, -0.1) is 0 Å². The number of alkyl halides is 2. The Hall–Kier alpha value is -3.87. The van der Waals surface area contributed by atoms with Crippen LogP contribution in [0.1, 0.15) is 31.5 Å². The van der Waals surface area contributed by atoms with Crippen molar-refractivity contribution in [3.05, 3.63) is 36.2 Å². The summed E-state index contributed by atoms with van der Waals surface area (Å²) in [5.41, 5.74) is 0.928. The van der Waals surface area contributed by atoms with Crippen LogP contribution in [-0.2, 0) is 14.3 Å². The number of carbonyl (C=O) groups excluding carboxylic acids is 2. The summed E-state index contributed by atoms with van der Waals surface area (Å²) < 4.78 is 41.1. The molecule has 6 rings (SSSR count). The van der Waals surface area contributed by atoms with Gasteiger partial charge in [-0.2, -0.15) is 9.97 Å². The Morgan fingerprint density at radius 2 is 1.92 bits per heavy atom. The number of halogens is 2.